The van der Waals surface area contributed by atoms with Gasteiger partial charge in [0, 0.05) is 29.2 Å². The molecule has 3 aromatic heterocycles. The smallest absolute Gasteiger partial charge is 0.193 e. The van der Waals surface area contributed by atoms with Crippen molar-refractivity contribution in [2.75, 3.05) is 0 Å². The van der Waals surface area contributed by atoms with Crippen molar-refractivity contribution in [3.05, 3.63) is 77.6 Å². The lowest BCUT2D eigenvalue weighted by atomic mass is 10.2. The van der Waals surface area contributed by atoms with E-state index >= 15 is 0 Å². The summed E-state index contributed by atoms with van der Waals surface area (Å²) in [4.78, 5) is 10.6. The molecule has 0 aliphatic carbocycles. The number of thioether (sulfide) groups is 1. The zero-order valence-electron chi connectivity index (χ0n) is 14.2. The van der Waals surface area contributed by atoms with Crippen molar-refractivity contribution in [1.29, 1.82) is 0 Å². The number of benzene rings is 2. The normalized spacial score (nSPS) is 11.6. The summed E-state index contributed by atoms with van der Waals surface area (Å²) in [5, 5.41) is 3.05. The fraction of sp³-hybridized carbons (Fsp3) is 0.100. The van der Waals surface area contributed by atoms with Crippen LogP contribution in [-0.4, -0.2) is 18.9 Å². The Hall–Kier alpha value is -2.57. The van der Waals surface area contributed by atoms with Crippen molar-refractivity contribution in [3.8, 4) is 5.69 Å². The lowest BCUT2D eigenvalue weighted by molar-refractivity contribution is 0.917. The van der Waals surface area contributed by atoms with E-state index in [1.54, 1.807) is 23.1 Å². The van der Waals surface area contributed by atoms with E-state index in [1.807, 2.05) is 12.3 Å². The number of para-hydroxylation sites is 2. The van der Waals surface area contributed by atoms with Crippen molar-refractivity contribution in [2.45, 2.75) is 17.8 Å². The molecule has 0 fully saturated rings. The Morgan fingerprint density at radius 2 is 2.00 bits per heavy atom. The summed E-state index contributed by atoms with van der Waals surface area (Å²) in [6, 6.07) is 16.8. The molecule has 128 valence electrons. The average molecular weight is 377 g/mol. The molecule has 0 saturated carbocycles. The van der Waals surface area contributed by atoms with Gasteiger partial charge in [-0.05, 0) is 36.8 Å². The van der Waals surface area contributed by atoms with Crippen LogP contribution in [-0.2, 0) is 5.75 Å². The van der Waals surface area contributed by atoms with Crippen LogP contribution in [0, 0.1) is 6.92 Å². The highest BCUT2D eigenvalue weighted by molar-refractivity contribution is 7.98. The van der Waals surface area contributed by atoms with Gasteiger partial charge in [0.1, 0.15) is 0 Å². The molecule has 5 rings (SSSR count). The van der Waals surface area contributed by atoms with Crippen molar-refractivity contribution in [1.82, 2.24) is 18.9 Å². The molecular formula is C20H16N4S2. The second-order valence-electron chi connectivity index (χ2n) is 6.17. The largest absolute Gasteiger partial charge is 0.297 e. The quantitative estimate of drug-likeness (QED) is 0.397. The van der Waals surface area contributed by atoms with Gasteiger partial charge in [-0.3, -0.25) is 8.97 Å². The summed E-state index contributed by atoms with van der Waals surface area (Å²) in [5.41, 5.74) is 5.61. The van der Waals surface area contributed by atoms with Crippen LogP contribution in [0.1, 0.15) is 11.3 Å². The Labute approximate surface area is 159 Å². The summed E-state index contributed by atoms with van der Waals surface area (Å²) in [6.45, 7) is 2.12. The van der Waals surface area contributed by atoms with Crippen LogP contribution in [0.3, 0.4) is 0 Å². The molecule has 0 unspecified atom stereocenters. The number of imidazole rings is 2. The molecule has 0 aliphatic rings. The lowest BCUT2D eigenvalue weighted by Crippen LogP contribution is -1.97. The molecule has 0 aliphatic heterocycles. The molecule has 2 aromatic carbocycles. The molecule has 0 N–H and O–H groups in total. The molecule has 0 radical (unpaired) electrons. The maximum atomic E-state index is 4.87. The first-order valence-corrected chi connectivity index (χ1v) is 10.2. The van der Waals surface area contributed by atoms with Crippen molar-refractivity contribution < 1.29 is 0 Å². The van der Waals surface area contributed by atoms with E-state index in [2.05, 4.69) is 74.9 Å². The maximum Gasteiger partial charge on any atom is 0.193 e. The molecule has 6 heteroatoms. The highest BCUT2D eigenvalue weighted by Gasteiger charge is 2.14. The van der Waals surface area contributed by atoms with Gasteiger partial charge in [-0.1, -0.05) is 36.0 Å². The summed E-state index contributed by atoms with van der Waals surface area (Å²) in [5.74, 6) is 0.795. The molecule has 0 spiro atoms. The maximum absolute atomic E-state index is 4.87. The second-order valence-corrected chi connectivity index (χ2v) is 7.99. The fourth-order valence-corrected chi connectivity index (χ4v) is 4.73. The molecular weight excluding hydrogens is 360 g/mol. The Balaban J connectivity index is 1.56. The van der Waals surface area contributed by atoms with Crippen LogP contribution >= 0.6 is 23.1 Å². The van der Waals surface area contributed by atoms with E-state index in [9.17, 15) is 0 Å². The van der Waals surface area contributed by atoms with Crippen molar-refractivity contribution in [3.63, 3.8) is 0 Å². The summed E-state index contributed by atoms with van der Waals surface area (Å²) < 4.78 is 4.31. The number of aryl methyl sites for hydroxylation is 1. The number of aromatic nitrogens is 4. The number of hydrogen-bond acceptors (Lipinski definition) is 4. The molecule has 0 bridgehead atoms. The number of hydrogen-bond donors (Lipinski definition) is 0. The zero-order chi connectivity index (χ0) is 17.5. The van der Waals surface area contributed by atoms with Gasteiger partial charge in [0.25, 0.3) is 0 Å². The third-order valence-corrected chi connectivity index (χ3v) is 6.03. The van der Waals surface area contributed by atoms with E-state index in [1.165, 1.54) is 5.56 Å². The van der Waals surface area contributed by atoms with Gasteiger partial charge in [-0.15, -0.1) is 11.3 Å². The van der Waals surface area contributed by atoms with Gasteiger partial charge in [0.15, 0.2) is 10.1 Å². The highest BCUT2D eigenvalue weighted by atomic mass is 32.2. The monoisotopic (exact) mass is 376 g/mol. The number of thiazole rings is 1. The van der Waals surface area contributed by atoms with Gasteiger partial charge >= 0.3 is 0 Å². The Bertz CT molecular complexity index is 1190. The zero-order valence-corrected chi connectivity index (χ0v) is 15.8. The number of nitrogens with zero attached hydrogens (tertiary/aromatic N) is 4. The van der Waals surface area contributed by atoms with Gasteiger partial charge in [-0.2, -0.15) is 0 Å². The van der Waals surface area contributed by atoms with Crippen molar-refractivity contribution in [2.24, 2.45) is 0 Å². The summed E-state index contributed by atoms with van der Waals surface area (Å²) >= 11 is 3.38. The van der Waals surface area contributed by atoms with Crippen LogP contribution in [0.5, 0.6) is 0 Å². The molecule has 4 nitrogen and oxygen atoms in total. The van der Waals surface area contributed by atoms with Crippen molar-refractivity contribution >= 4 is 39.1 Å². The number of fused-ring (bicyclic) bond motifs is 2. The summed E-state index contributed by atoms with van der Waals surface area (Å²) in [6.07, 6.45) is 4.14. The van der Waals surface area contributed by atoms with Gasteiger partial charge < -0.3 is 0 Å². The third kappa shape index (κ3) is 2.71. The Morgan fingerprint density at radius 3 is 2.88 bits per heavy atom. The van der Waals surface area contributed by atoms with E-state index < -0.39 is 0 Å². The first-order valence-electron chi connectivity index (χ1n) is 8.36. The van der Waals surface area contributed by atoms with Crippen LogP contribution in [0.15, 0.2) is 71.5 Å². The Kier molecular flexibility index (Phi) is 3.80. The Morgan fingerprint density at radius 1 is 1.08 bits per heavy atom. The molecule has 26 heavy (non-hydrogen) atoms. The van der Waals surface area contributed by atoms with Crippen LogP contribution < -0.4 is 0 Å². The standard InChI is InChI=1S/C20H16N4S2/c1-14-5-4-6-16(11-14)24-18-8-3-2-7-17(18)22-20(24)26-13-15-12-23-9-10-25-19(23)21-15/h2-12H,13H2,1H3. The van der Waals surface area contributed by atoms with E-state index in [0.29, 0.717) is 0 Å². The first-order chi connectivity index (χ1) is 12.8. The molecule has 3 heterocycles. The molecule has 0 saturated heterocycles. The van der Waals surface area contributed by atoms with Crippen LogP contribution in [0.2, 0.25) is 0 Å². The average Bonchev–Trinajstić information content (AvgIpc) is 3.32. The minimum atomic E-state index is 0.795. The predicted octanol–water partition coefficient (Wildman–Crippen LogP) is 5.34. The van der Waals surface area contributed by atoms with E-state index in [4.69, 9.17) is 4.98 Å². The highest BCUT2D eigenvalue weighted by Crippen LogP contribution is 2.30. The minimum Gasteiger partial charge on any atom is -0.297 e. The molecule has 0 amide bonds. The van der Waals surface area contributed by atoms with Crippen LogP contribution in [0.4, 0.5) is 0 Å². The first kappa shape index (κ1) is 15.7. The van der Waals surface area contributed by atoms with E-state index in [-0.39, 0.29) is 0 Å². The van der Waals surface area contributed by atoms with Gasteiger partial charge in [0.05, 0.1) is 16.7 Å². The lowest BCUT2D eigenvalue weighted by Gasteiger charge is -2.09. The van der Waals surface area contributed by atoms with Crippen LogP contribution in [0.25, 0.3) is 21.7 Å². The topological polar surface area (TPSA) is 35.1 Å². The number of rotatable bonds is 4. The van der Waals surface area contributed by atoms with Gasteiger partial charge in [0.2, 0.25) is 0 Å². The fourth-order valence-electron chi connectivity index (χ4n) is 3.10. The predicted molar refractivity (Wildman–Crippen MR) is 108 cm³/mol. The SMILES string of the molecule is Cc1cccc(-n2c(SCc3cn4ccsc4n3)nc3ccccc32)c1. The van der Waals surface area contributed by atoms with Gasteiger partial charge in [-0.25, -0.2) is 9.97 Å². The molecule has 5 aromatic rings. The minimum absolute atomic E-state index is 0.795. The third-order valence-electron chi connectivity index (χ3n) is 4.28. The van der Waals surface area contributed by atoms with E-state index in [0.717, 1.165) is 38.3 Å². The molecule has 0 atom stereocenters. The summed E-state index contributed by atoms with van der Waals surface area (Å²) in [7, 11) is 0. The second kappa shape index (κ2) is 6.30.